The highest BCUT2D eigenvalue weighted by Crippen LogP contribution is 2.26. The summed E-state index contributed by atoms with van der Waals surface area (Å²) in [6.45, 7) is 2.70. The number of aliphatic hydroxyl groups is 1. The van der Waals surface area contributed by atoms with Gasteiger partial charge in [-0.05, 0) is 55.3 Å². The molecule has 1 aliphatic rings. The summed E-state index contributed by atoms with van der Waals surface area (Å²) in [5, 5.41) is 20.8. The molecule has 1 aromatic heterocycles. The van der Waals surface area contributed by atoms with Gasteiger partial charge in [-0.3, -0.25) is 9.89 Å². The van der Waals surface area contributed by atoms with Crippen molar-refractivity contribution in [2.45, 2.75) is 25.5 Å². The number of carbonyl (C=O) groups is 1. The zero-order valence-corrected chi connectivity index (χ0v) is 16.4. The van der Waals surface area contributed by atoms with E-state index in [1.54, 1.807) is 11.0 Å². The number of amides is 1. The minimum absolute atomic E-state index is 0.168. The number of nitrogens with zero attached hydrogens (tertiary/aromatic N) is 2. The van der Waals surface area contributed by atoms with Crippen molar-refractivity contribution in [2.24, 2.45) is 0 Å². The van der Waals surface area contributed by atoms with Crippen LogP contribution in [0.2, 0.25) is 0 Å². The number of β-amino-alcohol motifs (C(OH)–C–C–N with tert-alkyl or cyclic N) is 1. The van der Waals surface area contributed by atoms with E-state index in [4.69, 9.17) is 0 Å². The Morgan fingerprint density at radius 3 is 2.77 bits per heavy atom. The Kier molecular flexibility index (Phi) is 5.50. The molecule has 0 bridgehead atoms. The van der Waals surface area contributed by atoms with Gasteiger partial charge in [0.1, 0.15) is 11.6 Å². The van der Waals surface area contributed by atoms with Crippen molar-refractivity contribution in [3.63, 3.8) is 0 Å². The molecule has 0 radical (unpaired) electrons. The third kappa shape index (κ3) is 4.33. The molecule has 30 heavy (non-hydrogen) atoms. The van der Waals surface area contributed by atoms with Crippen molar-refractivity contribution in [1.82, 2.24) is 15.1 Å². The minimum Gasteiger partial charge on any atom is -0.391 e. The second-order valence-corrected chi connectivity index (χ2v) is 7.50. The first-order valence-corrected chi connectivity index (χ1v) is 9.75. The molecule has 8 heteroatoms. The number of hydrogen-bond acceptors (Lipinski definition) is 4. The molecule has 2 aromatic carbocycles. The fourth-order valence-corrected chi connectivity index (χ4v) is 3.61. The van der Waals surface area contributed by atoms with Crippen molar-refractivity contribution in [3.05, 3.63) is 65.4 Å². The number of nitrogens with one attached hydrogen (secondary N) is 2. The number of benzene rings is 2. The van der Waals surface area contributed by atoms with Crippen LogP contribution >= 0.6 is 0 Å². The summed E-state index contributed by atoms with van der Waals surface area (Å²) >= 11 is 0. The van der Waals surface area contributed by atoms with Crippen molar-refractivity contribution < 1.29 is 18.7 Å². The van der Waals surface area contributed by atoms with Gasteiger partial charge in [0.05, 0.1) is 17.3 Å². The van der Waals surface area contributed by atoms with Gasteiger partial charge < -0.3 is 15.3 Å². The van der Waals surface area contributed by atoms with Gasteiger partial charge in [0.2, 0.25) is 5.91 Å². The van der Waals surface area contributed by atoms with E-state index >= 15 is 0 Å². The highest BCUT2D eigenvalue weighted by atomic mass is 19.1. The first-order chi connectivity index (χ1) is 14.4. The summed E-state index contributed by atoms with van der Waals surface area (Å²) in [6, 6.07) is 8.68. The van der Waals surface area contributed by atoms with E-state index in [1.807, 2.05) is 25.1 Å². The molecule has 1 fully saturated rings. The third-order valence-corrected chi connectivity index (χ3v) is 5.22. The maximum atomic E-state index is 13.5. The molecule has 156 valence electrons. The molecule has 0 aliphatic carbocycles. The zero-order valence-electron chi connectivity index (χ0n) is 16.4. The van der Waals surface area contributed by atoms with Crippen molar-refractivity contribution in [1.29, 1.82) is 0 Å². The second-order valence-electron chi connectivity index (χ2n) is 7.50. The topological polar surface area (TPSA) is 81.2 Å². The van der Waals surface area contributed by atoms with E-state index < -0.39 is 17.7 Å². The van der Waals surface area contributed by atoms with Crippen LogP contribution in [-0.4, -0.2) is 45.3 Å². The largest absolute Gasteiger partial charge is 0.391 e. The van der Waals surface area contributed by atoms with E-state index in [1.165, 1.54) is 18.2 Å². The number of hydrogen-bond donors (Lipinski definition) is 3. The molecule has 0 spiro atoms. The fourth-order valence-electron chi connectivity index (χ4n) is 3.61. The average molecular weight is 412 g/mol. The predicted molar refractivity (Wildman–Crippen MR) is 111 cm³/mol. The fraction of sp³-hybridized carbons (Fsp3) is 0.273. The molecule has 3 aromatic rings. The number of aromatic amines is 1. The first kappa shape index (κ1) is 20.0. The number of aromatic nitrogens is 2. The lowest BCUT2D eigenvalue weighted by atomic mass is 10.1. The van der Waals surface area contributed by atoms with Crippen molar-refractivity contribution >= 4 is 28.6 Å². The van der Waals surface area contributed by atoms with Crippen LogP contribution < -0.4 is 5.32 Å². The summed E-state index contributed by atoms with van der Waals surface area (Å²) in [6.07, 6.45) is 3.22. The highest BCUT2D eigenvalue weighted by Gasteiger charge is 2.22. The molecule has 2 atom stereocenters. The minimum atomic E-state index is -0.619. The summed E-state index contributed by atoms with van der Waals surface area (Å²) in [5.74, 6) is -1.41. The summed E-state index contributed by atoms with van der Waals surface area (Å²) in [4.78, 5) is 13.9. The lowest BCUT2D eigenvalue weighted by Crippen LogP contribution is -2.27. The molecule has 1 amide bonds. The Balaban J connectivity index is 1.52. The highest BCUT2D eigenvalue weighted by molar-refractivity contribution is 5.96. The Morgan fingerprint density at radius 1 is 1.30 bits per heavy atom. The summed E-state index contributed by atoms with van der Waals surface area (Å²) < 4.78 is 27.0. The van der Waals surface area contributed by atoms with E-state index in [-0.39, 0.29) is 11.9 Å². The second kappa shape index (κ2) is 8.23. The molecule has 2 heterocycles. The number of rotatable bonds is 5. The molecule has 1 aliphatic heterocycles. The number of H-pyrrole nitrogens is 1. The van der Waals surface area contributed by atoms with E-state index in [9.17, 15) is 18.7 Å². The molecule has 3 N–H and O–H groups in total. The molecule has 0 saturated carbocycles. The van der Waals surface area contributed by atoms with Crippen LogP contribution in [0.3, 0.4) is 0 Å². The van der Waals surface area contributed by atoms with Crippen molar-refractivity contribution in [3.8, 4) is 0 Å². The maximum Gasteiger partial charge on any atom is 0.246 e. The number of aliphatic hydroxyl groups excluding tert-OH is 1. The van der Waals surface area contributed by atoms with Crippen molar-refractivity contribution in [2.75, 3.05) is 18.4 Å². The first-order valence-electron chi connectivity index (χ1n) is 9.75. The molecule has 6 nitrogen and oxygen atoms in total. The molecule has 1 unspecified atom stereocenters. The van der Waals surface area contributed by atoms with Crippen LogP contribution in [0, 0.1) is 11.6 Å². The van der Waals surface area contributed by atoms with E-state index in [2.05, 4.69) is 15.5 Å². The summed E-state index contributed by atoms with van der Waals surface area (Å²) in [7, 11) is 0. The number of anilines is 1. The van der Waals surface area contributed by atoms with Crippen LogP contribution in [0.1, 0.15) is 30.6 Å². The van der Waals surface area contributed by atoms with Gasteiger partial charge in [-0.25, -0.2) is 8.78 Å². The lowest BCUT2D eigenvalue weighted by Gasteiger charge is -2.16. The molecule has 1 saturated heterocycles. The number of halogens is 2. The normalized spacial score (nSPS) is 17.7. The van der Waals surface area contributed by atoms with Crippen LogP contribution in [0.25, 0.3) is 17.0 Å². The van der Waals surface area contributed by atoms with E-state index in [0.29, 0.717) is 30.8 Å². The van der Waals surface area contributed by atoms with Crippen LogP contribution in [0.15, 0.2) is 42.5 Å². The van der Waals surface area contributed by atoms with Crippen LogP contribution in [0.5, 0.6) is 0 Å². The van der Waals surface area contributed by atoms with Crippen LogP contribution in [0.4, 0.5) is 14.5 Å². The molecular formula is C22H22F2N4O2. The molecular weight excluding hydrogens is 390 g/mol. The third-order valence-electron chi connectivity index (χ3n) is 5.22. The smallest absolute Gasteiger partial charge is 0.246 e. The quantitative estimate of drug-likeness (QED) is 0.559. The summed E-state index contributed by atoms with van der Waals surface area (Å²) in [5.41, 5.74) is 2.66. The van der Waals surface area contributed by atoms with Gasteiger partial charge in [0.25, 0.3) is 0 Å². The molecule has 4 rings (SSSR count). The lowest BCUT2D eigenvalue weighted by molar-refractivity contribution is -0.125. The van der Waals surface area contributed by atoms with Gasteiger partial charge in [0.15, 0.2) is 0 Å². The zero-order chi connectivity index (χ0) is 21.3. The number of carbonyl (C=O) groups excluding carboxylic acids is 1. The van der Waals surface area contributed by atoms with Gasteiger partial charge in [-0.1, -0.05) is 0 Å². The predicted octanol–water partition coefficient (Wildman–Crippen LogP) is 3.62. The SMILES string of the molecule is CC(Nc1ccc2[nH]nc(/C=C/C(=O)N3CC[C@H](O)C3)c2c1)c1cc(F)cc(F)c1. The average Bonchev–Trinajstić information content (AvgIpc) is 3.31. The standard InChI is InChI=1S/C22H22F2N4O2/c1-13(14-8-15(23)10-16(24)9-14)25-17-2-3-20-19(11-17)21(27-26-20)4-5-22(30)28-7-6-18(29)12-28/h2-5,8-11,13,18,25,29H,6-7,12H2,1H3,(H,26,27)/b5-4+/t13?,18-/m0/s1. The van der Waals surface area contributed by atoms with Gasteiger partial charge in [0, 0.05) is 42.3 Å². The number of fused-ring (bicyclic) bond motifs is 1. The Labute approximate surface area is 172 Å². The Morgan fingerprint density at radius 2 is 2.07 bits per heavy atom. The monoisotopic (exact) mass is 412 g/mol. The van der Waals surface area contributed by atoms with Gasteiger partial charge in [-0.2, -0.15) is 5.10 Å². The van der Waals surface area contributed by atoms with E-state index in [0.717, 1.165) is 22.7 Å². The maximum absolute atomic E-state index is 13.5. The van der Waals surface area contributed by atoms with Gasteiger partial charge >= 0.3 is 0 Å². The Hall–Kier alpha value is -3.26. The van der Waals surface area contributed by atoms with Crippen LogP contribution in [-0.2, 0) is 4.79 Å². The Bertz CT molecular complexity index is 1090. The van der Waals surface area contributed by atoms with Gasteiger partial charge in [-0.15, -0.1) is 0 Å². The number of likely N-dealkylation sites (tertiary alicyclic amines) is 1.